The van der Waals surface area contributed by atoms with Gasteiger partial charge in [-0.2, -0.15) is 0 Å². The molecule has 0 saturated heterocycles. The summed E-state index contributed by atoms with van der Waals surface area (Å²) in [6.45, 7) is 3.06. The van der Waals surface area contributed by atoms with Crippen LogP contribution >= 0.6 is 0 Å². The minimum atomic E-state index is 0. The first-order chi connectivity index (χ1) is 1.91. The molecule has 0 N–H and O–H groups in total. The van der Waals surface area contributed by atoms with Crippen molar-refractivity contribution in [1.82, 2.24) is 0 Å². The first kappa shape index (κ1) is 15.9. The summed E-state index contributed by atoms with van der Waals surface area (Å²) in [7, 11) is 0. The molecule has 0 unspecified atom stereocenters. The zero-order valence-electron chi connectivity index (χ0n) is 2.94. The summed E-state index contributed by atoms with van der Waals surface area (Å²) in [4.78, 5) is 8.93. The maximum atomic E-state index is 8.93. The van der Waals surface area contributed by atoms with E-state index in [2.05, 4.69) is 6.58 Å². The number of rotatable bonds is 1. The summed E-state index contributed by atoms with van der Waals surface area (Å²) >= 11 is 0. The van der Waals surface area contributed by atoms with Crippen LogP contribution in [0.15, 0.2) is 12.7 Å². The van der Waals surface area contributed by atoms with Crippen molar-refractivity contribution in [3.05, 3.63) is 12.7 Å². The molecule has 0 aromatic heterocycles. The summed E-state index contributed by atoms with van der Waals surface area (Å²) in [6, 6.07) is 0. The molecule has 1 nitrogen and oxygen atoms in total. The number of hydrogen-bond donors (Lipinski definition) is 0. The van der Waals surface area contributed by atoms with Crippen molar-refractivity contribution in [2.75, 3.05) is 0 Å². The molecule has 0 aromatic carbocycles. The van der Waals surface area contributed by atoms with Gasteiger partial charge in [0.25, 0.3) is 0 Å². The van der Waals surface area contributed by atoms with Crippen LogP contribution < -0.4 is 0 Å². The molecule has 3 heteroatoms. The molecule has 38 valence electrons. The Labute approximate surface area is 63.2 Å². The van der Waals surface area contributed by atoms with E-state index in [9.17, 15) is 0 Å². The molecular formula is C3H3CuNbO-. The third kappa shape index (κ3) is 22.6. The predicted molar refractivity (Wildman–Crippen MR) is 15.9 cm³/mol. The molecule has 0 rings (SSSR count). The maximum Gasteiger partial charge on any atom is 0 e. The zero-order chi connectivity index (χ0) is 3.41. The van der Waals surface area contributed by atoms with Gasteiger partial charge in [0.2, 0.25) is 0 Å². The standard InChI is InChI=1S/C3H3O.Cu.Nb/c1-2-3-4;;/h2H,1H2;;/q-1;;. The Hall–Kier alpha value is 0.670. The van der Waals surface area contributed by atoms with E-state index in [0.29, 0.717) is 0 Å². The summed E-state index contributed by atoms with van der Waals surface area (Å²) in [5.41, 5.74) is 0. The second-order valence-electron chi connectivity index (χ2n) is 0.322. The van der Waals surface area contributed by atoms with Gasteiger partial charge in [-0.1, -0.05) is 0 Å². The fraction of sp³-hybridized carbons (Fsp3) is 0. The average Bonchev–Trinajstić information content (AvgIpc) is 1.37. The first-order valence-corrected chi connectivity index (χ1v) is 0.901. The molecule has 0 aromatic rings. The van der Waals surface area contributed by atoms with Crippen molar-refractivity contribution < 1.29 is 44.2 Å². The van der Waals surface area contributed by atoms with Gasteiger partial charge >= 0.3 is 0 Å². The van der Waals surface area contributed by atoms with Gasteiger partial charge in [0.05, 0.1) is 0 Å². The van der Waals surface area contributed by atoms with Crippen LogP contribution in [0.5, 0.6) is 0 Å². The van der Waals surface area contributed by atoms with Gasteiger partial charge in [-0.05, 0) is 6.29 Å². The SMILES string of the molecule is C=C[C-]=O.[Cu].[Nb]. The van der Waals surface area contributed by atoms with E-state index >= 15 is 0 Å². The minimum absolute atomic E-state index is 0. The number of carbonyl (C=O) groups excluding carboxylic acids is 1. The molecule has 0 amide bonds. The summed E-state index contributed by atoms with van der Waals surface area (Å²) in [6.07, 6.45) is 2.51. The average molecular weight is 212 g/mol. The molecule has 0 saturated carbocycles. The van der Waals surface area contributed by atoms with Gasteiger partial charge in [-0.25, -0.2) is 12.7 Å². The Morgan fingerprint density at radius 3 is 1.83 bits per heavy atom. The molecule has 2 radical (unpaired) electrons. The van der Waals surface area contributed by atoms with Crippen LogP contribution in [0.4, 0.5) is 0 Å². The van der Waals surface area contributed by atoms with E-state index in [0.717, 1.165) is 6.08 Å². The van der Waals surface area contributed by atoms with E-state index < -0.39 is 0 Å². The Balaban J connectivity index is -0.0000000450. The predicted octanol–water partition coefficient (Wildman–Crippen LogP) is 0.277. The molecule has 0 atom stereocenters. The van der Waals surface area contributed by atoms with Crippen molar-refractivity contribution in [3.63, 3.8) is 0 Å². The van der Waals surface area contributed by atoms with Gasteiger partial charge in [0, 0.05) is 39.4 Å². The van der Waals surface area contributed by atoms with E-state index in [-0.39, 0.29) is 39.4 Å². The molecule has 0 heterocycles. The maximum absolute atomic E-state index is 8.93. The van der Waals surface area contributed by atoms with Crippen molar-refractivity contribution in [2.24, 2.45) is 0 Å². The van der Waals surface area contributed by atoms with Crippen molar-refractivity contribution in [1.29, 1.82) is 0 Å². The second-order valence-corrected chi connectivity index (χ2v) is 0.322. The summed E-state index contributed by atoms with van der Waals surface area (Å²) < 4.78 is 0. The molecule has 0 aliphatic rings. The van der Waals surface area contributed by atoms with Crippen molar-refractivity contribution in [3.8, 4) is 0 Å². The molecule has 0 bridgehead atoms. The first-order valence-electron chi connectivity index (χ1n) is 0.901. The molecule has 6 heavy (non-hydrogen) atoms. The van der Waals surface area contributed by atoms with Gasteiger partial charge in [-0.15, -0.1) is 0 Å². The van der Waals surface area contributed by atoms with E-state index in [4.69, 9.17) is 4.79 Å². The van der Waals surface area contributed by atoms with Crippen LogP contribution in [0, 0.1) is 0 Å². The van der Waals surface area contributed by atoms with Crippen LogP contribution in [0.25, 0.3) is 0 Å². The monoisotopic (exact) mass is 211 g/mol. The fourth-order valence-corrected chi connectivity index (χ4v) is 0. The Morgan fingerprint density at radius 1 is 1.67 bits per heavy atom. The molecule has 0 fully saturated rings. The zero-order valence-corrected chi connectivity index (χ0v) is 6.08. The largest absolute Gasteiger partial charge is 0.419 e. The fourth-order valence-electron chi connectivity index (χ4n) is 0. The van der Waals surface area contributed by atoms with Crippen molar-refractivity contribution >= 4 is 6.29 Å². The Kier molecular flexibility index (Phi) is 46.0. The van der Waals surface area contributed by atoms with Crippen LogP contribution in [-0.2, 0) is 44.2 Å². The molecular weight excluding hydrogens is 208 g/mol. The Morgan fingerprint density at radius 2 is 1.83 bits per heavy atom. The third-order valence-electron chi connectivity index (χ3n) is 0.0833. The molecule has 0 aliphatic carbocycles. The van der Waals surface area contributed by atoms with Gasteiger partial charge in [0.15, 0.2) is 0 Å². The Bertz CT molecular complexity index is 31.8. The summed E-state index contributed by atoms with van der Waals surface area (Å²) in [5.74, 6) is 0. The van der Waals surface area contributed by atoms with Crippen molar-refractivity contribution in [2.45, 2.75) is 0 Å². The normalized spacial score (nSPS) is 3.33. The van der Waals surface area contributed by atoms with E-state index in [1.807, 2.05) is 0 Å². The van der Waals surface area contributed by atoms with Gasteiger partial charge in [-0.3, -0.25) is 0 Å². The topological polar surface area (TPSA) is 17.1 Å². The van der Waals surface area contributed by atoms with Crippen LogP contribution in [0.1, 0.15) is 0 Å². The summed E-state index contributed by atoms with van der Waals surface area (Å²) in [5, 5.41) is 0. The van der Waals surface area contributed by atoms with Gasteiger partial charge < -0.3 is 4.79 Å². The van der Waals surface area contributed by atoms with Crippen LogP contribution in [0.2, 0.25) is 0 Å². The van der Waals surface area contributed by atoms with Crippen LogP contribution in [-0.4, -0.2) is 6.29 Å². The smallest absolute Gasteiger partial charge is 0 e. The van der Waals surface area contributed by atoms with Crippen LogP contribution in [0.3, 0.4) is 0 Å². The minimum Gasteiger partial charge on any atom is -0.419 e. The number of hydrogen-bond acceptors (Lipinski definition) is 1. The van der Waals surface area contributed by atoms with Gasteiger partial charge in [0.1, 0.15) is 0 Å². The second kappa shape index (κ2) is 17.3. The molecule has 0 spiro atoms. The third-order valence-corrected chi connectivity index (χ3v) is 0.0833. The number of allylic oxidation sites excluding steroid dienone is 1. The van der Waals surface area contributed by atoms with E-state index in [1.54, 1.807) is 0 Å². The quantitative estimate of drug-likeness (QED) is 0.346. The van der Waals surface area contributed by atoms with E-state index in [1.165, 1.54) is 6.29 Å². The molecule has 0 aliphatic heterocycles.